The van der Waals surface area contributed by atoms with Crippen molar-refractivity contribution in [3.8, 4) is 0 Å². The van der Waals surface area contributed by atoms with E-state index in [-0.39, 0.29) is 11.4 Å². The Labute approximate surface area is 186 Å². The molecule has 1 saturated heterocycles. The van der Waals surface area contributed by atoms with Crippen LogP contribution in [-0.4, -0.2) is 36.3 Å². The molecule has 1 aliphatic heterocycles. The number of benzene rings is 1. The van der Waals surface area contributed by atoms with Gasteiger partial charge in [0.25, 0.3) is 0 Å². The molecular weight excluding hydrogens is 411 g/mol. The van der Waals surface area contributed by atoms with Gasteiger partial charge in [-0.05, 0) is 69.5 Å². The Bertz CT molecular complexity index is 1140. The van der Waals surface area contributed by atoms with E-state index in [2.05, 4.69) is 10.1 Å². The van der Waals surface area contributed by atoms with E-state index in [0.29, 0.717) is 23.9 Å². The maximum atomic E-state index is 13.4. The molecule has 2 aromatic heterocycles. The van der Waals surface area contributed by atoms with Crippen molar-refractivity contribution in [2.75, 3.05) is 26.2 Å². The standard InChI is InChI=1S/C25H29FN2O4/c1-3-18-5-8-24(29)31-22(18)15-17(2)30-14-4-11-28-12-9-19(10-13-28)25-21-7-6-20(26)16-23(21)32-27-25/h5-8,15-16,19H,3-4,9-14H2,1-2H3/b17-15+. The predicted octanol–water partition coefficient (Wildman–Crippen LogP) is 5.13. The number of nitrogens with zero attached hydrogens (tertiary/aromatic N) is 2. The van der Waals surface area contributed by atoms with E-state index in [4.69, 9.17) is 13.7 Å². The minimum atomic E-state index is -0.351. The molecule has 1 aromatic carbocycles. The van der Waals surface area contributed by atoms with E-state index in [1.165, 1.54) is 18.2 Å². The molecule has 0 spiro atoms. The smallest absolute Gasteiger partial charge is 0.336 e. The van der Waals surface area contributed by atoms with Gasteiger partial charge in [0.1, 0.15) is 11.6 Å². The summed E-state index contributed by atoms with van der Waals surface area (Å²) in [4.78, 5) is 13.9. The highest BCUT2D eigenvalue weighted by Crippen LogP contribution is 2.32. The number of piperidine rings is 1. The Morgan fingerprint density at radius 1 is 1.28 bits per heavy atom. The molecule has 3 heterocycles. The first kappa shape index (κ1) is 22.3. The van der Waals surface area contributed by atoms with E-state index in [1.54, 1.807) is 18.2 Å². The summed E-state index contributed by atoms with van der Waals surface area (Å²) >= 11 is 0. The van der Waals surface area contributed by atoms with Crippen LogP contribution in [0.1, 0.15) is 56.0 Å². The monoisotopic (exact) mass is 440 g/mol. The number of aryl methyl sites for hydroxylation is 1. The molecule has 0 radical (unpaired) electrons. The molecule has 6 nitrogen and oxygen atoms in total. The van der Waals surface area contributed by atoms with E-state index < -0.39 is 0 Å². The Hall–Kier alpha value is -2.93. The molecule has 1 fully saturated rings. The van der Waals surface area contributed by atoms with Gasteiger partial charge in [-0.3, -0.25) is 0 Å². The van der Waals surface area contributed by atoms with Gasteiger partial charge in [0, 0.05) is 36.1 Å². The van der Waals surface area contributed by atoms with Gasteiger partial charge in [0.05, 0.1) is 18.1 Å². The zero-order valence-electron chi connectivity index (χ0n) is 18.6. The molecule has 0 saturated carbocycles. The zero-order valence-corrected chi connectivity index (χ0v) is 18.6. The topological polar surface area (TPSA) is 68.7 Å². The third-order valence-corrected chi connectivity index (χ3v) is 6.05. The van der Waals surface area contributed by atoms with Gasteiger partial charge in [0.15, 0.2) is 5.58 Å². The van der Waals surface area contributed by atoms with Crippen LogP contribution in [0.3, 0.4) is 0 Å². The molecule has 0 unspecified atom stereocenters. The lowest BCUT2D eigenvalue weighted by Gasteiger charge is -2.31. The summed E-state index contributed by atoms with van der Waals surface area (Å²) < 4.78 is 29.8. The summed E-state index contributed by atoms with van der Waals surface area (Å²) in [6.07, 6.45) is 5.51. The zero-order chi connectivity index (χ0) is 22.5. The Morgan fingerprint density at radius 3 is 2.88 bits per heavy atom. The van der Waals surface area contributed by atoms with Crippen LogP contribution < -0.4 is 5.63 Å². The molecular formula is C25H29FN2O4. The highest BCUT2D eigenvalue weighted by Gasteiger charge is 2.25. The molecule has 7 heteroatoms. The molecule has 170 valence electrons. The van der Waals surface area contributed by atoms with E-state index in [0.717, 1.165) is 67.7 Å². The van der Waals surface area contributed by atoms with Crippen molar-refractivity contribution in [1.29, 1.82) is 0 Å². The van der Waals surface area contributed by atoms with Gasteiger partial charge in [0.2, 0.25) is 0 Å². The van der Waals surface area contributed by atoms with E-state index in [1.807, 2.05) is 13.8 Å². The Balaban J connectivity index is 1.22. The van der Waals surface area contributed by atoms with Crippen molar-refractivity contribution >= 4 is 17.0 Å². The molecule has 0 aliphatic carbocycles. The first-order valence-electron chi connectivity index (χ1n) is 11.2. The minimum absolute atomic E-state index is 0.304. The first-order valence-corrected chi connectivity index (χ1v) is 11.2. The molecule has 1 aliphatic rings. The van der Waals surface area contributed by atoms with Crippen molar-refractivity contribution in [1.82, 2.24) is 10.1 Å². The average molecular weight is 441 g/mol. The number of fused-ring (bicyclic) bond motifs is 1. The van der Waals surface area contributed by atoms with Crippen LogP contribution in [0.15, 0.2) is 49.8 Å². The summed E-state index contributed by atoms with van der Waals surface area (Å²) in [5, 5.41) is 5.14. The van der Waals surface area contributed by atoms with Gasteiger partial charge in [-0.25, -0.2) is 9.18 Å². The van der Waals surface area contributed by atoms with Gasteiger partial charge in [-0.2, -0.15) is 0 Å². The SMILES string of the molecule is CCc1ccc(=O)oc1/C=C(\C)OCCCN1CCC(c2noc3cc(F)ccc23)CC1. The average Bonchev–Trinajstić information content (AvgIpc) is 3.20. The van der Waals surface area contributed by atoms with Gasteiger partial charge >= 0.3 is 5.63 Å². The molecule has 4 rings (SSSR count). The second-order valence-corrected chi connectivity index (χ2v) is 8.28. The second-order valence-electron chi connectivity index (χ2n) is 8.28. The number of allylic oxidation sites excluding steroid dienone is 1. The van der Waals surface area contributed by atoms with Crippen LogP contribution in [0.5, 0.6) is 0 Å². The Kier molecular flexibility index (Phi) is 7.05. The van der Waals surface area contributed by atoms with Crippen LogP contribution in [0, 0.1) is 5.82 Å². The van der Waals surface area contributed by atoms with Gasteiger partial charge < -0.3 is 18.6 Å². The van der Waals surface area contributed by atoms with Crippen LogP contribution in [0.4, 0.5) is 4.39 Å². The number of aromatic nitrogens is 1. The maximum Gasteiger partial charge on any atom is 0.336 e. The van der Waals surface area contributed by atoms with Crippen LogP contribution >= 0.6 is 0 Å². The van der Waals surface area contributed by atoms with Crippen LogP contribution in [-0.2, 0) is 11.2 Å². The molecule has 0 bridgehead atoms. The minimum Gasteiger partial charge on any atom is -0.498 e. The molecule has 0 amide bonds. The number of hydrogen-bond donors (Lipinski definition) is 0. The number of rotatable bonds is 8. The van der Waals surface area contributed by atoms with Crippen LogP contribution in [0.2, 0.25) is 0 Å². The molecule has 0 N–H and O–H groups in total. The highest BCUT2D eigenvalue weighted by atomic mass is 19.1. The first-order chi connectivity index (χ1) is 15.5. The fourth-order valence-corrected chi connectivity index (χ4v) is 4.28. The van der Waals surface area contributed by atoms with Crippen molar-refractivity contribution < 1.29 is 18.1 Å². The highest BCUT2D eigenvalue weighted by molar-refractivity contribution is 5.79. The predicted molar refractivity (Wildman–Crippen MR) is 121 cm³/mol. The summed E-state index contributed by atoms with van der Waals surface area (Å²) in [5.41, 5.74) is 2.10. The number of halogens is 1. The lowest BCUT2D eigenvalue weighted by atomic mass is 9.91. The fourth-order valence-electron chi connectivity index (χ4n) is 4.28. The summed E-state index contributed by atoms with van der Waals surface area (Å²) in [5.74, 6) is 1.35. The van der Waals surface area contributed by atoms with Gasteiger partial charge in [-0.1, -0.05) is 12.1 Å². The van der Waals surface area contributed by atoms with Crippen molar-refractivity contribution in [3.05, 3.63) is 69.3 Å². The maximum absolute atomic E-state index is 13.4. The van der Waals surface area contributed by atoms with Crippen molar-refractivity contribution in [3.63, 3.8) is 0 Å². The van der Waals surface area contributed by atoms with Crippen molar-refractivity contribution in [2.45, 2.75) is 45.4 Å². The number of likely N-dealkylation sites (tertiary alicyclic amines) is 1. The molecule has 3 aromatic rings. The number of hydrogen-bond acceptors (Lipinski definition) is 6. The quantitative estimate of drug-likeness (QED) is 0.357. The van der Waals surface area contributed by atoms with E-state index >= 15 is 0 Å². The Morgan fingerprint density at radius 2 is 2.09 bits per heavy atom. The summed E-state index contributed by atoms with van der Waals surface area (Å²) in [6, 6.07) is 7.87. The van der Waals surface area contributed by atoms with E-state index in [9.17, 15) is 9.18 Å². The van der Waals surface area contributed by atoms with Crippen LogP contribution in [0.25, 0.3) is 17.0 Å². The largest absolute Gasteiger partial charge is 0.498 e. The lowest BCUT2D eigenvalue weighted by molar-refractivity contribution is 0.165. The number of ether oxygens (including phenoxy) is 1. The lowest BCUT2D eigenvalue weighted by Crippen LogP contribution is -2.34. The summed E-state index contributed by atoms with van der Waals surface area (Å²) in [6.45, 7) is 7.46. The van der Waals surface area contributed by atoms with Crippen molar-refractivity contribution in [2.24, 2.45) is 0 Å². The molecule has 32 heavy (non-hydrogen) atoms. The second kappa shape index (κ2) is 10.1. The normalized spacial score (nSPS) is 16.0. The molecule has 0 atom stereocenters. The summed E-state index contributed by atoms with van der Waals surface area (Å²) in [7, 11) is 0. The third kappa shape index (κ3) is 5.27. The third-order valence-electron chi connectivity index (χ3n) is 6.05. The van der Waals surface area contributed by atoms with Gasteiger partial charge in [-0.15, -0.1) is 0 Å². The fraction of sp³-hybridized carbons (Fsp3) is 0.440.